The van der Waals surface area contributed by atoms with Crippen LogP contribution >= 0.6 is 34.7 Å². The minimum absolute atomic E-state index is 0.174. The molecule has 0 saturated heterocycles. The zero-order valence-corrected chi connectivity index (χ0v) is 21.1. The molecule has 1 aromatic carbocycles. The summed E-state index contributed by atoms with van der Waals surface area (Å²) in [7, 11) is 0. The normalized spacial score (nSPS) is 11.5. The number of carbonyl (C=O) groups is 1. The Hall–Kier alpha value is -2.75. The molecule has 0 aliphatic carbocycles. The number of thiazole rings is 1. The van der Waals surface area contributed by atoms with E-state index < -0.39 is 0 Å². The van der Waals surface area contributed by atoms with E-state index in [0.29, 0.717) is 27.5 Å². The quantitative estimate of drug-likeness (QED) is 0.350. The van der Waals surface area contributed by atoms with Crippen molar-refractivity contribution in [3.8, 4) is 17.1 Å². The van der Waals surface area contributed by atoms with E-state index in [1.165, 1.54) is 23.1 Å². The Morgan fingerprint density at radius 3 is 2.79 bits per heavy atom. The molecule has 4 rings (SSSR count). The van der Waals surface area contributed by atoms with Crippen molar-refractivity contribution in [3.63, 3.8) is 0 Å². The Bertz CT molecular complexity index is 1280. The van der Waals surface area contributed by atoms with Crippen LogP contribution in [0.25, 0.3) is 17.1 Å². The summed E-state index contributed by atoms with van der Waals surface area (Å²) in [4.78, 5) is 21.1. The van der Waals surface area contributed by atoms with Gasteiger partial charge in [-0.2, -0.15) is 0 Å². The Morgan fingerprint density at radius 1 is 1.24 bits per heavy atom. The van der Waals surface area contributed by atoms with Gasteiger partial charge in [0.15, 0.2) is 11.0 Å². The van der Waals surface area contributed by atoms with Crippen molar-refractivity contribution in [1.82, 2.24) is 30.0 Å². The minimum atomic E-state index is -0.316. The van der Waals surface area contributed by atoms with Gasteiger partial charge in [0.1, 0.15) is 10.7 Å². The Balaban J connectivity index is 1.63. The Labute approximate surface area is 205 Å². The highest BCUT2D eigenvalue weighted by molar-refractivity contribution is 7.98. The molecule has 0 aliphatic rings. The van der Waals surface area contributed by atoms with Crippen molar-refractivity contribution in [2.75, 3.05) is 0 Å². The second-order valence-electron chi connectivity index (χ2n) is 8.43. The fourth-order valence-electron chi connectivity index (χ4n) is 3.10. The van der Waals surface area contributed by atoms with E-state index in [2.05, 4.69) is 25.5 Å². The van der Waals surface area contributed by atoms with E-state index >= 15 is 0 Å². The van der Waals surface area contributed by atoms with Crippen LogP contribution in [-0.2, 0) is 5.75 Å². The predicted octanol–water partition coefficient (Wildman–Crippen LogP) is 5.57. The number of halogens is 1. The molecule has 0 saturated carbocycles. The van der Waals surface area contributed by atoms with Gasteiger partial charge < -0.3 is 5.32 Å². The number of pyridine rings is 1. The molecular formula is C23H23ClN6OS2. The van der Waals surface area contributed by atoms with Crippen LogP contribution in [0.2, 0.25) is 5.02 Å². The van der Waals surface area contributed by atoms with Crippen LogP contribution in [0.5, 0.6) is 0 Å². The smallest absolute Gasteiger partial charge is 0.271 e. The topological polar surface area (TPSA) is 85.6 Å². The summed E-state index contributed by atoms with van der Waals surface area (Å²) >= 11 is 9.27. The lowest BCUT2D eigenvalue weighted by Crippen LogP contribution is -2.40. The van der Waals surface area contributed by atoms with Gasteiger partial charge in [-0.25, -0.2) is 4.98 Å². The number of nitrogens with zero attached hydrogens (tertiary/aromatic N) is 5. The van der Waals surface area contributed by atoms with E-state index in [0.717, 1.165) is 21.8 Å². The fraction of sp³-hybridized carbons (Fsp3) is 0.261. The van der Waals surface area contributed by atoms with Crippen LogP contribution in [0.15, 0.2) is 53.3 Å². The molecule has 0 radical (unpaired) electrons. The van der Waals surface area contributed by atoms with Gasteiger partial charge in [0.2, 0.25) is 0 Å². The molecule has 10 heteroatoms. The molecular weight excluding hydrogens is 476 g/mol. The Morgan fingerprint density at radius 2 is 2.06 bits per heavy atom. The zero-order valence-electron chi connectivity index (χ0n) is 18.7. The summed E-state index contributed by atoms with van der Waals surface area (Å²) in [5, 5.41) is 15.8. The maximum atomic E-state index is 12.4. The van der Waals surface area contributed by atoms with Crippen LogP contribution in [0, 0.1) is 6.92 Å². The van der Waals surface area contributed by atoms with Crippen molar-refractivity contribution < 1.29 is 4.79 Å². The van der Waals surface area contributed by atoms with Crippen molar-refractivity contribution in [1.29, 1.82) is 0 Å². The first-order valence-electron chi connectivity index (χ1n) is 10.2. The first-order chi connectivity index (χ1) is 15.7. The lowest BCUT2D eigenvalue weighted by atomic mass is 10.1. The van der Waals surface area contributed by atoms with Gasteiger partial charge in [-0.05, 0) is 57.5 Å². The van der Waals surface area contributed by atoms with E-state index in [9.17, 15) is 4.79 Å². The standard InChI is InChI=1S/C23H23ClN6OS2/c1-14-7-8-16(24)10-18(14)30-20(15-6-5-9-25-11-15)28-29-22(30)33-13-19-26-17(12-32-19)21(31)27-23(2,3)4/h5-12H,13H2,1-4H3,(H,27,31). The Kier molecular flexibility index (Phi) is 6.83. The molecule has 3 aromatic heterocycles. The summed E-state index contributed by atoms with van der Waals surface area (Å²) in [6.07, 6.45) is 3.48. The highest BCUT2D eigenvalue weighted by Gasteiger charge is 2.20. The molecule has 0 spiro atoms. The first kappa shape index (κ1) is 23.4. The molecule has 1 N–H and O–H groups in total. The lowest BCUT2D eigenvalue weighted by molar-refractivity contribution is 0.0915. The third kappa shape index (κ3) is 5.61. The molecule has 0 aliphatic heterocycles. The number of hydrogen-bond acceptors (Lipinski definition) is 7. The van der Waals surface area contributed by atoms with Crippen LogP contribution < -0.4 is 5.32 Å². The molecule has 0 fully saturated rings. The highest BCUT2D eigenvalue weighted by Crippen LogP contribution is 2.32. The molecule has 4 aromatic rings. The molecule has 33 heavy (non-hydrogen) atoms. The second-order valence-corrected chi connectivity index (χ2v) is 10.8. The van der Waals surface area contributed by atoms with Crippen LogP contribution in [0.3, 0.4) is 0 Å². The highest BCUT2D eigenvalue weighted by atomic mass is 35.5. The van der Waals surface area contributed by atoms with E-state index in [1.54, 1.807) is 17.8 Å². The summed E-state index contributed by atoms with van der Waals surface area (Å²) < 4.78 is 1.99. The SMILES string of the molecule is Cc1ccc(Cl)cc1-n1c(SCc2nc(C(=O)NC(C)(C)C)cs2)nnc1-c1cccnc1. The third-order valence-electron chi connectivity index (χ3n) is 4.56. The molecule has 0 atom stereocenters. The number of rotatable bonds is 6. The van der Waals surface area contributed by atoms with Gasteiger partial charge in [-0.1, -0.05) is 29.4 Å². The van der Waals surface area contributed by atoms with Gasteiger partial charge >= 0.3 is 0 Å². The number of hydrogen-bond donors (Lipinski definition) is 1. The maximum absolute atomic E-state index is 12.4. The zero-order chi connectivity index (χ0) is 23.6. The van der Waals surface area contributed by atoms with Gasteiger partial charge in [0, 0.05) is 33.9 Å². The number of benzene rings is 1. The summed E-state index contributed by atoms with van der Waals surface area (Å²) in [6.45, 7) is 7.85. The summed E-state index contributed by atoms with van der Waals surface area (Å²) in [5.41, 5.74) is 2.91. The third-order valence-corrected chi connectivity index (χ3v) is 6.77. The molecule has 0 unspecified atom stereocenters. The van der Waals surface area contributed by atoms with Crippen molar-refractivity contribution in [3.05, 3.63) is 69.4 Å². The molecule has 0 bridgehead atoms. The number of thioether (sulfide) groups is 1. The summed E-state index contributed by atoms with van der Waals surface area (Å²) in [6, 6.07) is 9.55. The second kappa shape index (κ2) is 9.62. The average Bonchev–Trinajstić information content (AvgIpc) is 3.40. The van der Waals surface area contributed by atoms with Gasteiger partial charge in [-0.15, -0.1) is 21.5 Å². The number of nitrogens with one attached hydrogen (secondary N) is 1. The van der Waals surface area contributed by atoms with Gasteiger partial charge in [0.05, 0.1) is 11.4 Å². The van der Waals surface area contributed by atoms with E-state index in [1.807, 2.05) is 62.6 Å². The maximum Gasteiger partial charge on any atom is 0.271 e. The van der Waals surface area contributed by atoms with Crippen LogP contribution in [-0.4, -0.2) is 36.2 Å². The monoisotopic (exact) mass is 498 g/mol. The van der Waals surface area contributed by atoms with Crippen LogP contribution in [0.1, 0.15) is 41.8 Å². The number of aryl methyl sites for hydroxylation is 1. The predicted molar refractivity (Wildman–Crippen MR) is 133 cm³/mol. The van der Waals surface area contributed by atoms with E-state index in [-0.39, 0.29) is 11.4 Å². The lowest BCUT2D eigenvalue weighted by Gasteiger charge is -2.19. The first-order valence-corrected chi connectivity index (χ1v) is 12.5. The van der Waals surface area contributed by atoms with E-state index in [4.69, 9.17) is 11.6 Å². The van der Waals surface area contributed by atoms with Crippen molar-refractivity contribution >= 4 is 40.6 Å². The van der Waals surface area contributed by atoms with Crippen molar-refractivity contribution in [2.24, 2.45) is 0 Å². The minimum Gasteiger partial charge on any atom is -0.346 e. The van der Waals surface area contributed by atoms with Crippen LogP contribution in [0.4, 0.5) is 0 Å². The average molecular weight is 499 g/mol. The molecule has 170 valence electrons. The van der Waals surface area contributed by atoms with Crippen molar-refractivity contribution in [2.45, 2.75) is 44.1 Å². The number of aromatic nitrogens is 5. The van der Waals surface area contributed by atoms with Gasteiger partial charge in [0.25, 0.3) is 5.91 Å². The number of carbonyl (C=O) groups excluding carboxylic acids is 1. The summed E-state index contributed by atoms with van der Waals surface area (Å²) in [5.74, 6) is 1.06. The number of amides is 1. The molecule has 1 amide bonds. The van der Waals surface area contributed by atoms with Gasteiger partial charge in [-0.3, -0.25) is 14.3 Å². The fourth-order valence-corrected chi connectivity index (χ4v) is 5.00. The molecule has 7 nitrogen and oxygen atoms in total. The largest absolute Gasteiger partial charge is 0.346 e. The molecule has 3 heterocycles.